The number of amides is 1. The zero-order chi connectivity index (χ0) is 25.4. The molecule has 4 aromatic rings. The summed E-state index contributed by atoms with van der Waals surface area (Å²) < 4.78 is 22.3. The monoisotopic (exact) mass is 489 g/mol. The van der Waals surface area contributed by atoms with E-state index in [0.717, 1.165) is 30.0 Å². The molecule has 36 heavy (non-hydrogen) atoms. The number of ether oxygens (including phenoxy) is 1. The molecule has 1 N–H and O–H groups in total. The van der Waals surface area contributed by atoms with Gasteiger partial charge in [-0.2, -0.15) is 5.10 Å². The highest BCUT2D eigenvalue weighted by Crippen LogP contribution is 2.46. The molecule has 1 aliphatic carbocycles. The number of nitrogens with zero attached hydrogens (tertiary/aromatic N) is 6. The topological polar surface area (TPSA) is 97.5 Å². The quantitative estimate of drug-likeness (QED) is 0.464. The number of hydrogen-bond acceptors (Lipinski definition) is 7. The summed E-state index contributed by atoms with van der Waals surface area (Å²) in [4.78, 5) is 18.6. The predicted molar refractivity (Wildman–Crippen MR) is 133 cm³/mol. The van der Waals surface area contributed by atoms with Crippen LogP contribution in [0.25, 0.3) is 27.8 Å². The molecule has 186 valence electrons. The number of carbonyl (C=O) groups excluding carboxylic acids is 1. The van der Waals surface area contributed by atoms with Gasteiger partial charge in [-0.3, -0.25) is 0 Å². The van der Waals surface area contributed by atoms with Gasteiger partial charge in [0.1, 0.15) is 11.4 Å². The molecule has 3 aromatic heterocycles. The summed E-state index contributed by atoms with van der Waals surface area (Å²) >= 11 is 0. The summed E-state index contributed by atoms with van der Waals surface area (Å²) in [5, 5.41) is 16.7. The van der Waals surface area contributed by atoms with Crippen LogP contribution in [0.5, 0.6) is 0 Å². The summed E-state index contributed by atoms with van der Waals surface area (Å²) in [7, 11) is 0. The first-order valence-corrected chi connectivity index (χ1v) is 12.1. The normalized spacial score (nSPS) is 21.2. The number of aromatic nitrogens is 5. The molecular formula is C26H28FN7O2. The van der Waals surface area contributed by atoms with Gasteiger partial charge < -0.3 is 15.0 Å². The molecule has 1 aliphatic heterocycles. The lowest BCUT2D eigenvalue weighted by Gasteiger charge is -2.23. The fraction of sp³-hybridized carbons (Fsp3) is 0.423. The van der Waals surface area contributed by atoms with Crippen molar-refractivity contribution in [1.29, 1.82) is 0 Å². The van der Waals surface area contributed by atoms with Crippen molar-refractivity contribution in [3.8, 4) is 11.3 Å². The van der Waals surface area contributed by atoms with Crippen LogP contribution in [0.1, 0.15) is 32.0 Å². The highest BCUT2D eigenvalue weighted by Gasteiger charge is 2.57. The summed E-state index contributed by atoms with van der Waals surface area (Å²) in [6, 6.07) is 7.07. The standard InChI is InChI=1S/C26H28FN7O2/c1-13-6-20(32-34-10-14(2)28-24(13)34)15-7-19(27)16-9-22(31-30-21(16)8-15)33-11-17-18(12-33)23(17)29-25(35)36-26(3,4)5/h6-10,17-18,23H,11-12H2,1-5H3,(H,29,35)/t17-,18+,23?. The minimum absolute atomic E-state index is 0.108. The van der Waals surface area contributed by atoms with Gasteiger partial charge in [0.25, 0.3) is 0 Å². The molecule has 1 unspecified atom stereocenters. The molecule has 1 aromatic carbocycles. The average molecular weight is 490 g/mol. The van der Waals surface area contributed by atoms with E-state index in [1.54, 1.807) is 10.6 Å². The van der Waals surface area contributed by atoms with E-state index in [-0.39, 0.29) is 18.0 Å². The molecule has 2 fully saturated rings. The van der Waals surface area contributed by atoms with Gasteiger partial charge in [0, 0.05) is 41.9 Å². The maximum absolute atomic E-state index is 15.2. The summed E-state index contributed by atoms with van der Waals surface area (Å²) in [6.07, 6.45) is 1.47. The number of anilines is 1. The first kappa shape index (κ1) is 22.6. The van der Waals surface area contributed by atoms with Gasteiger partial charge in [0.2, 0.25) is 0 Å². The van der Waals surface area contributed by atoms with Crippen molar-refractivity contribution in [1.82, 2.24) is 30.1 Å². The number of fused-ring (bicyclic) bond motifs is 3. The fourth-order valence-electron chi connectivity index (χ4n) is 5.15. The van der Waals surface area contributed by atoms with Crippen LogP contribution in [0.2, 0.25) is 0 Å². The fourth-order valence-corrected chi connectivity index (χ4v) is 5.15. The molecule has 1 saturated carbocycles. The Bertz CT molecular complexity index is 1510. The third-order valence-corrected chi connectivity index (χ3v) is 6.87. The van der Waals surface area contributed by atoms with E-state index in [1.165, 1.54) is 6.07 Å². The van der Waals surface area contributed by atoms with E-state index >= 15 is 4.39 Å². The number of carbonyl (C=O) groups is 1. The Hall–Kier alpha value is -3.82. The molecular weight excluding hydrogens is 461 g/mol. The molecule has 0 radical (unpaired) electrons. The van der Waals surface area contributed by atoms with Crippen molar-refractivity contribution >= 4 is 28.5 Å². The maximum Gasteiger partial charge on any atom is 0.407 e. The minimum atomic E-state index is -0.523. The van der Waals surface area contributed by atoms with Crippen LogP contribution in [0.3, 0.4) is 0 Å². The van der Waals surface area contributed by atoms with Gasteiger partial charge in [-0.25, -0.2) is 18.7 Å². The number of alkyl carbamates (subject to hydrolysis) is 1. The number of rotatable bonds is 3. The van der Waals surface area contributed by atoms with Crippen molar-refractivity contribution in [2.75, 3.05) is 18.0 Å². The van der Waals surface area contributed by atoms with Gasteiger partial charge in [0.15, 0.2) is 11.5 Å². The lowest BCUT2D eigenvalue weighted by atomic mass is 10.1. The Kier molecular flexibility index (Phi) is 4.93. The maximum atomic E-state index is 15.2. The Labute approximate surface area is 207 Å². The van der Waals surface area contributed by atoms with E-state index < -0.39 is 5.60 Å². The van der Waals surface area contributed by atoms with Gasteiger partial charge in [-0.1, -0.05) is 0 Å². The molecule has 3 atom stereocenters. The molecule has 10 heteroatoms. The highest BCUT2D eigenvalue weighted by atomic mass is 19.1. The highest BCUT2D eigenvalue weighted by molar-refractivity contribution is 5.86. The molecule has 1 saturated heterocycles. The van der Waals surface area contributed by atoms with Gasteiger partial charge in [0.05, 0.1) is 23.1 Å². The van der Waals surface area contributed by atoms with Crippen molar-refractivity contribution in [3.05, 3.63) is 47.5 Å². The van der Waals surface area contributed by atoms with E-state index in [0.29, 0.717) is 39.8 Å². The third kappa shape index (κ3) is 4.00. The molecule has 9 nitrogen and oxygen atoms in total. The van der Waals surface area contributed by atoms with Gasteiger partial charge >= 0.3 is 6.09 Å². The van der Waals surface area contributed by atoms with Crippen LogP contribution in [0, 0.1) is 31.5 Å². The number of benzene rings is 1. The number of imidazole rings is 1. The first-order chi connectivity index (χ1) is 17.1. The van der Waals surface area contributed by atoms with E-state index in [9.17, 15) is 4.79 Å². The molecule has 4 heterocycles. The van der Waals surface area contributed by atoms with E-state index in [1.807, 2.05) is 52.9 Å². The minimum Gasteiger partial charge on any atom is -0.444 e. The Morgan fingerprint density at radius 2 is 1.86 bits per heavy atom. The summed E-state index contributed by atoms with van der Waals surface area (Å²) in [5.74, 6) is 0.937. The first-order valence-electron chi connectivity index (χ1n) is 12.1. The Balaban J connectivity index is 1.20. The molecule has 6 rings (SSSR count). The van der Waals surface area contributed by atoms with Crippen molar-refractivity contribution in [3.63, 3.8) is 0 Å². The van der Waals surface area contributed by atoms with Crippen LogP contribution in [-0.4, -0.2) is 55.6 Å². The Morgan fingerprint density at radius 1 is 1.11 bits per heavy atom. The lowest BCUT2D eigenvalue weighted by Crippen LogP contribution is -2.38. The van der Waals surface area contributed by atoms with E-state index in [2.05, 4.69) is 30.5 Å². The zero-order valence-corrected chi connectivity index (χ0v) is 20.9. The largest absolute Gasteiger partial charge is 0.444 e. The second kappa shape index (κ2) is 7.84. The molecule has 0 spiro atoms. The zero-order valence-electron chi connectivity index (χ0n) is 20.9. The molecule has 0 bridgehead atoms. The van der Waals surface area contributed by atoms with Crippen molar-refractivity contribution < 1.29 is 13.9 Å². The Morgan fingerprint density at radius 3 is 2.58 bits per heavy atom. The van der Waals surface area contributed by atoms with Crippen LogP contribution >= 0.6 is 0 Å². The number of aryl methyl sites for hydroxylation is 2. The summed E-state index contributed by atoms with van der Waals surface area (Å²) in [5.41, 5.74) is 3.85. The SMILES string of the molecule is Cc1cn2nc(-c3cc(F)c4cc(N5C[C@@H]6C(NC(=O)OC(C)(C)C)[C@@H]6C5)nnc4c3)cc(C)c2n1. The van der Waals surface area contributed by atoms with E-state index in [4.69, 9.17) is 4.74 Å². The lowest BCUT2D eigenvalue weighted by molar-refractivity contribution is 0.0518. The number of halogens is 1. The number of piperidine rings is 1. The third-order valence-electron chi connectivity index (χ3n) is 6.87. The average Bonchev–Trinajstić information content (AvgIpc) is 3.12. The second-order valence-electron chi connectivity index (χ2n) is 10.9. The number of nitrogens with one attached hydrogen (secondary N) is 1. The summed E-state index contributed by atoms with van der Waals surface area (Å²) in [6.45, 7) is 10.9. The molecule has 1 amide bonds. The van der Waals surface area contributed by atoms with Crippen LogP contribution in [0.15, 0.2) is 30.5 Å². The molecule has 2 aliphatic rings. The smallest absolute Gasteiger partial charge is 0.407 e. The second-order valence-corrected chi connectivity index (χ2v) is 10.9. The predicted octanol–water partition coefficient (Wildman–Crippen LogP) is 4.05. The van der Waals surface area contributed by atoms with Crippen LogP contribution < -0.4 is 10.2 Å². The van der Waals surface area contributed by atoms with Crippen molar-refractivity contribution in [2.45, 2.75) is 46.3 Å². The van der Waals surface area contributed by atoms with Crippen LogP contribution in [-0.2, 0) is 4.74 Å². The van der Waals surface area contributed by atoms with Gasteiger partial charge in [-0.05, 0) is 64.4 Å². The van der Waals surface area contributed by atoms with Crippen LogP contribution in [0.4, 0.5) is 15.0 Å². The number of hydrogen-bond donors (Lipinski definition) is 1. The van der Waals surface area contributed by atoms with Crippen molar-refractivity contribution in [2.24, 2.45) is 11.8 Å². The van der Waals surface area contributed by atoms with Gasteiger partial charge in [-0.15, -0.1) is 10.2 Å².